The summed E-state index contributed by atoms with van der Waals surface area (Å²) in [5.41, 5.74) is 13.3. The van der Waals surface area contributed by atoms with E-state index in [4.69, 9.17) is 28.9 Å². The van der Waals surface area contributed by atoms with Gasteiger partial charge >= 0.3 is 0 Å². The summed E-state index contributed by atoms with van der Waals surface area (Å²) in [6, 6.07) is 41.2. The number of benzene rings is 4. The number of aromatic amines is 1. The second-order valence-electron chi connectivity index (χ2n) is 13.3. The van der Waals surface area contributed by atoms with Crippen molar-refractivity contribution in [2.45, 2.75) is 0 Å². The summed E-state index contributed by atoms with van der Waals surface area (Å²) < 4.78 is 22.2. The van der Waals surface area contributed by atoms with Crippen LogP contribution in [0.25, 0.3) is 79.8 Å². The molecule has 0 radical (unpaired) electrons. The smallest absolute Gasteiger partial charge is 0.118 e. The van der Waals surface area contributed by atoms with Crippen LogP contribution in [0.3, 0.4) is 0 Å². The number of rotatable bonds is 8. The second-order valence-corrected chi connectivity index (χ2v) is 13.3. The van der Waals surface area contributed by atoms with Gasteiger partial charge in [-0.1, -0.05) is 60.7 Å². The molecule has 6 bridgehead atoms. The first-order valence-electron chi connectivity index (χ1n) is 18.0. The summed E-state index contributed by atoms with van der Waals surface area (Å²) in [6.07, 6.45) is 8.46. The van der Waals surface area contributed by atoms with E-state index >= 15 is 0 Å². The molecule has 4 heterocycles. The van der Waals surface area contributed by atoms with E-state index in [-0.39, 0.29) is 0 Å². The predicted molar refractivity (Wildman–Crippen MR) is 221 cm³/mol. The maximum Gasteiger partial charge on any atom is 0.118 e. The van der Waals surface area contributed by atoms with E-state index in [0.717, 1.165) is 112 Å². The average Bonchev–Trinajstić information content (AvgIpc) is 4.02. The summed E-state index contributed by atoms with van der Waals surface area (Å²) in [5.74, 6) is 3.15. The van der Waals surface area contributed by atoms with Gasteiger partial charge in [0.05, 0.1) is 51.2 Å². The predicted octanol–water partition coefficient (Wildman–Crippen LogP) is 11.0. The lowest BCUT2D eigenvalue weighted by atomic mass is 9.93. The Morgan fingerprint density at radius 3 is 0.873 bits per heavy atom. The lowest BCUT2D eigenvalue weighted by molar-refractivity contribution is 0.415. The van der Waals surface area contributed by atoms with E-state index in [2.05, 4.69) is 102 Å². The van der Waals surface area contributed by atoms with Crippen LogP contribution in [-0.4, -0.2) is 43.4 Å². The fourth-order valence-corrected chi connectivity index (χ4v) is 7.45. The molecular weight excluding hydrogens is 683 g/mol. The van der Waals surface area contributed by atoms with E-state index in [9.17, 15) is 0 Å². The Labute approximate surface area is 318 Å². The van der Waals surface area contributed by atoms with Crippen molar-refractivity contribution >= 4 is 35.3 Å². The molecular formula is C48H37N3O4. The van der Waals surface area contributed by atoms with Crippen LogP contribution in [0.1, 0.15) is 22.8 Å². The van der Waals surface area contributed by atoms with Crippen LogP contribution < -0.4 is 18.9 Å². The molecule has 1 aliphatic carbocycles. The third kappa shape index (κ3) is 6.05. The Bertz CT molecular complexity index is 2630. The molecule has 1 N–H and O–H groups in total. The first kappa shape index (κ1) is 33.7. The molecule has 0 fully saturated rings. The highest BCUT2D eigenvalue weighted by Crippen LogP contribution is 2.39. The second kappa shape index (κ2) is 14.0. The standard InChI is InChI=1S/C48H37N3O4/c1-52-33-13-5-29(6-14-33)45-37-21-22-38(37)46(30-7-15-34(53-2)16-8-30)40-24-26-42(50-40)48(32-11-19-36(55-4)20-12-32)44-28-27-43(51-44)47(41-25-23-39(45)49-41)31-9-17-35(54-3)18-10-31/h5-28,51H,1-4H3. The Morgan fingerprint density at radius 2 is 0.600 bits per heavy atom. The molecule has 9 rings (SSSR count). The molecule has 5 aromatic rings. The molecule has 4 aromatic carbocycles. The minimum absolute atomic E-state index is 0.785. The van der Waals surface area contributed by atoms with Crippen LogP contribution in [0, 0.1) is 10.4 Å². The van der Waals surface area contributed by atoms with Crippen molar-refractivity contribution in [3.8, 4) is 67.5 Å². The summed E-state index contributed by atoms with van der Waals surface area (Å²) in [7, 11) is 6.73. The molecule has 7 nitrogen and oxygen atoms in total. The molecule has 1 aromatic heterocycles. The molecule has 55 heavy (non-hydrogen) atoms. The van der Waals surface area contributed by atoms with Crippen LogP contribution in [0.5, 0.6) is 23.0 Å². The van der Waals surface area contributed by atoms with Crippen molar-refractivity contribution in [1.82, 2.24) is 15.0 Å². The Morgan fingerprint density at radius 1 is 0.327 bits per heavy atom. The van der Waals surface area contributed by atoms with Gasteiger partial charge in [0.1, 0.15) is 23.0 Å². The van der Waals surface area contributed by atoms with Gasteiger partial charge in [0.2, 0.25) is 0 Å². The number of aromatic nitrogens is 3. The Kier molecular flexibility index (Phi) is 8.59. The number of methoxy groups -OCH3 is 4. The fraction of sp³-hybridized carbons (Fsp3) is 0.0833. The highest BCUT2D eigenvalue weighted by Gasteiger charge is 2.20. The normalized spacial score (nSPS) is 11.9. The zero-order chi connectivity index (χ0) is 37.5. The third-order valence-electron chi connectivity index (χ3n) is 10.3. The van der Waals surface area contributed by atoms with E-state index < -0.39 is 0 Å². The van der Waals surface area contributed by atoms with E-state index in [1.807, 2.05) is 48.5 Å². The summed E-state index contributed by atoms with van der Waals surface area (Å²) >= 11 is 0. The topological polar surface area (TPSA) is 78.5 Å². The van der Waals surface area contributed by atoms with Crippen LogP contribution in [0.4, 0.5) is 0 Å². The van der Waals surface area contributed by atoms with Crippen LogP contribution in [0.2, 0.25) is 0 Å². The third-order valence-corrected chi connectivity index (χ3v) is 10.3. The number of hydrogen-bond donors (Lipinski definition) is 1. The van der Waals surface area contributed by atoms with Gasteiger partial charge in [-0.25, -0.2) is 9.97 Å². The molecule has 268 valence electrons. The molecule has 0 spiro atoms. The number of H-pyrrole nitrogens is 1. The first-order valence-corrected chi connectivity index (χ1v) is 18.0. The van der Waals surface area contributed by atoms with Gasteiger partial charge in [0, 0.05) is 33.3 Å². The van der Waals surface area contributed by atoms with Gasteiger partial charge in [-0.2, -0.15) is 0 Å². The zero-order valence-electron chi connectivity index (χ0n) is 30.9. The maximum absolute atomic E-state index is 5.55. The van der Waals surface area contributed by atoms with Gasteiger partial charge in [0.25, 0.3) is 0 Å². The van der Waals surface area contributed by atoms with E-state index in [0.29, 0.717) is 0 Å². The first-order chi connectivity index (χ1) is 27.0. The highest BCUT2D eigenvalue weighted by atomic mass is 16.5. The molecule has 0 saturated heterocycles. The summed E-state index contributed by atoms with van der Waals surface area (Å²) in [4.78, 5) is 14.6. The van der Waals surface area contributed by atoms with Crippen molar-refractivity contribution in [1.29, 1.82) is 0 Å². The Hall–Kier alpha value is -7.12. The van der Waals surface area contributed by atoms with Crippen LogP contribution in [-0.2, 0) is 0 Å². The highest BCUT2D eigenvalue weighted by molar-refractivity contribution is 5.97. The van der Waals surface area contributed by atoms with Crippen molar-refractivity contribution in [3.63, 3.8) is 0 Å². The van der Waals surface area contributed by atoms with Crippen molar-refractivity contribution in [3.05, 3.63) is 155 Å². The van der Waals surface area contributed by atoms with Crippen LogP contribution >= 0.6 is 0 Å². The fourth-order valence-electron chi connectivity index (χ4n) is 7.45. The average molecular weight is 720 g/mol. The van der Waals surface area contributed by atoms with Gasteiger partial charge in [-0.15, -0.1) is 0 Å². The monoisotopic (exact) mass is 719 g/mol. The molecule has 4 aliphatic rings. The number of nitrogens with one attached hydrogen (secondary N) is 1. The molecule has 3 aliphatic heterocycles. The minimum atomic E-state index is 0.785. The van der Waals surface area contributed by atoms with Gasteiger partial charge in [0.15, 0.2) is 0 Å². The Balaban J connectivity index is 1.47. The molecule has 0 atom stereocenters. The van der Waals surface area contributed by atoms with Gasteiger partial charge < -0.3 is 23.9 Å². The lowest BCUT2D eigenvalue weighted by Gasteiger charge is -2.12. The van der Waals surface area contributed by atoms with Crippen molar-refractivity contribution in [2.24, 2.45) is 0 Å². The minimum Gasteiger partial charge on any atom is -0.497 e. The molecule has 7 heteroatoms. The molecule has 0 amide bonds. The maximum atomic E-state index is 5.55. The summed E-state index contributed by atoms with van der Waals surface area (Å²) in [6.45, 7) is 0. The van der Waals surface area contributed by atoms with Crippen molar-refractivity contribution < 1.29 is 18.9 Å². The quantitative estimate of drug-likeness (QED) is 0.168. The van der Waals surface area contributed by atoms with E-state index in [1.165, 1.54) is 0 Å². The molecule has 0 unspecified atom stereocenters. The number of fused-ring (bicyclic) bond motifs is 6. The zero-order valence-corrected chi connectivity index (χ0v) is 30.9. The summed E-state index contributed by atoms with van der Waals surface area (Å²) in [5, 5.41) is 2.15. The lowest BCUT2D eigenvalue weighted by Crippen LogP contribution is -1.94. The largest absolute Gasteiger partial charge is 0.497 e. The number of hydrogen-bond acceptors (Lipinski definition) is 6. The van der Waals surface area contributed by atoms with Gasteiger partial charge in [-0.05, 0) is 118 Å². The van der Waals surface area contributed by atoms with E-state index in [1.54, 1.807) is 28.4 Å². The molecule has 0 saturated carbocycles. The van der Waals surface area contributed by atoms with Crippen LogP contribution in [0.15, 0.2) is 121 Å². The number of ether oxygens (including phenoxy) is 4. The number of nitrogens with zero attached hydrogens (tertiary/aromatic N) is 2. The van der Waals surface area contributed by atoms with Gasteiger partial charge in [-0.3, -0.25) is 0 Å². The SMILES string of the molecule is COc1ccc(-c2c3nc(c(-c4ccc(OC)cc4)c4ccc([nH]4)c(-c4ccc(OC)cc4)c4nc(c(-c5ccc(OC)cc5)c5ccc2=5)C=C4)C=C3)cc1. The van der Waals surface area contributed by atoms with Crippen molar-refractivity contribution in [2.75, 3.05) is 28.4 Å².